The van der Waals surface area contributed by atoms with Crippen molar-refractivity contribution in [2.75, 3.05) is 58.0 Å². The number of aliphatic carboxylic acids is 1. The molecule has 0 aliphatic rings. The first-order chi connectivity index (χ1) is 24.8. The standard InChI is InChI=1S/C37H43N7O7/c1-26-14-16-40-34(23-26)39-15-4-7-35(45)41-25-36(46)43-32(24-37(47)48)28-10-8-27(9-11-28)29-12-13-33(31-6-3-2-5-30(29)31)51-22-21-50-20-19-49-18-17-42-44-38/h2-3,5-6,8-14,16,23,32H,4,7,15,17-22,24-25H2,1H3,(H,39,40)(H,41,45)(H,43,46)(H,47,48)/t32-/m1/s1. The molecule has 0 aliphatic carbocycles. The van der Waals surface area contributed by atoms with Crippen molar-refractivity contribution in [2.45, 2.75) is 32.2 Å². The number of hydrogen-bond acceptors (Lipinski definition) is 9. The lowest BCUT2D eigenvalue weighted by atomic mass is 9.95. The van der Waals surface area contributed by atoms with Crippen LogP contribution in [0.15, 0.2) is 84.1 Å². The molecule has 4 aromatic rings. The molecule has 14 nitrogen and oxygen atoms in total. The van der Waals surface area contributed by atoms with E-state index in [1.807, 2.05) is 67.6 Å². The summed E-state index contributed by atoms with van der Waals surface area (Å²) in [5.74, 6) is -0.368. The Bertz CT molecular complexity index is 1800. The fourth-order valence-electron chi connectivity index (χ4n) is 5.26. The van der Waals surface area contributed by atoms with Gasteiger partial charge in [0.15, 0.2) is 0 Å². The van der Waals surface area contributed by atoms with E-state index < -0.39 is 17.9 Å². The van der Waals surface area contributed by atoms with Gasteiger partial charge in [-0.3, -0.25) is 14.4 Å². The number of hydrogen-bond donors (Lipinski definition) is 4. The van der Waals surface area contributed by atoms with E-state index >= 15 is 0 Å². The van der Waals surface area contributed by atoms with Crippen molar-refractivity contribution in [3.05, 3.63) is 101 Å². The molecule has 0 spiro atoms. The Labute approximate surface area is 296 Å². The van der Waals surface area contributed by atoms with Gasteiger partial charge < -0.3 is 35.3 Å². The highest BCUT2D eigenvalue weighted by Crippen LogP contribution is 2.35. The molecule has 0 fully saturated rings. The van der Waals surface area contributed by atoms with Crippen LogP contribution in [0.25, 0.3) is 32.3 Å². The van der Waals surface area contributed by atoms with Gasteiger partial charge in [-0.15, -0.1) is 0 Å². The van der Waals surface area contributed by atoms with Crippen molar-refractivity contribution in [3.63, 3.8) is 0 Å². The number of carbonyl (C=O) groups is 3. The van der Waals surface area contributed by atoms with Crippen LogP contribution in [0.5, 0.6) is 5.75 Å². The van der Waals surface area contributed by atoms with Crippen molar-refractivity contribution in [3.8, 4) is 16.9 Å². The smallest absolute Gasteiger partial charge is 0.305 e. The molecule has 0 saturated heterocycles. The predicted octanol–water partition coefficient (Wildman–Crippen LogP) is 5.57. The first-order valence-electron chi connectivity index (χ1n) is 16.7. The molecule has 3 aromatic carbocycles. The number of aromatic nitrogens is 1. The zero-order valence-electron chi connectivity index (χ0n) is 28.5. The molecule has 2 amide bonds. The van der Waals surface area contributed by atoms with Gasteiger partial charge in [0.05, 0.1) is 45.4 Å². The summed E-state index contributed by atoms with van der Waals surface area (Å²) in [6, 6.07) is 22.2. The number of benzene rings is 3. The second kappa shape index (κ2) is 20.7. The number of azide groups is 1. The van der Waals surface area contributed by atoms with Crippen LogP contribution in [0.3, 0.4) is 0 Å². The monoisotopic (exact) mass is 697 g/mol. The highest BCUT2D eigenvalue weighted by atomic mass is 16.5. The molecule has 0 bridgehead atoms. The Morgan fingerprint density at radius 1 is 0.922 bits per heavy atom. The lowest BCUT2D eigenvalue weighted by molar-refractivity contribution is -0.138. The van der Waals surface area contributed by atoms with Gasteiger partial charge in [0.1, 0.15) is 18.2 Å². The predicted molar refractivity (Wildman–Crippen MR) is 193 cm³/mol. The van der Waals surface area contributed by atoms with Crippen LogP contribution < -0.4 is 20.7 Å². The Morgan fingerprint density at radius 3 is 2.41 bits per heavy atom. The average molecular weight is 698 g/mol. The molecular weight excluding hydrogens is 654 g/mol. The number of fused-ring (bicyclic) bond motifs is 1. The fourth-order valence-corrected chi connectivity index (χ4v) is 5.26. The zero-order valence-corrected chi connectivity index (χ0v) is 28.5. The van der Waals surface area contributed by atoms with E-state index in [2.05, 4.69) is 31.0 Å². The van der Waals surface area contributed by atoms with Crippen molar-refractivity contribution < 1.29 is 33.7 Å². The lowest BCUT2D eigenvalue weighted by Crippen LogP contribution is -2.39. The van der Waals surface area contributed by atoms with E-state index in [1.165, 1.54) is 0 Å². The van der Waals surface area contributed by atoms with E-state index in [0.29, 0.717) is 57.3 Å². The third kappa shape index (κ3) is 12.9. The zero-order chi connectivity index (χ0) is 36.3. The maximum absolute atomic E-state index is 12.7. The Kier molecular flexibility index (Phi) is 15.5. The van der Waals surface area contributed by atoms with E-state index in [9.17, 15) is 19.5 Å². The van der Waals surface area contributed by atoms with Crippen LogP contribution in [0.4, 0.5) is 5.82 Å². The van der Waals surface area contributed by atoms with Crippen LogP contribution in [0, 0.1) is 6.92 Å². The fraction of sp³-hybridized carbons (Fsp3) is 0.351. The molecule has 1 heterocycles. The molecule has 268 valence electrons. The summed E-state index contributed by atoms with van der Waals surface area (Å²) in [5.41, 5.74) is 11.9. The number of carboxylic acid groups (broad SMARTS) is 1. The van der Waals surface area contributed by atoms with E-state index in [4.69, 9.17) is 19.7 Å². The first kappa shape index (κ1) is 38.1. The summed E-state index contributed by atoms with van der Waals surface area (Å²) in [5, 5.41) is 23.4. The van der Waals surface area contributed by atoms with E-state index in [1.54, 1.807) is 18.3 Å². The Hall–Kier alpha value is -5.69. The molecule has 14 heteroatoms. The SMILES string of the molecule is Cc1ccnc(NCCCC(=O)NCC(=O)N[C@H](CC(=O)O)c2ccc(-c3ccc(OCCOCCOCCN=[N+]=[N-])c4ccccc34)cc2)c1. The minimum absolute atomic E-state index is 0.223. The molecule has 4 N–H and O–H groups in total. The molecular formula is C37H43N7O7. The minimum Gasteiger partial charge on any atom is -0.491 e. The number of aryl methyl sites for hydroxylation is 1. The first-order valence-corrected chi connectivity index (χ1v) is 16.7. The second-order valence-electron chi connectivity index (χ2n) is 11.5. The highest BCUT2D eigenvalue weighted by molar-refractivity contribution is 6.00. The largest absolute Gasteiger partial charge is 0.491 e. The van der Waals surface area contributed by atoms with Gasteiger partial charge in [0, 0.05) is 36.0 Å². The average Bonchev–Trinajstić information content (AvgIpc) is 3.13. The van der Waals surface area contributed by atoms with Crippen LogP contribution in [0.2, 0.25) is 0 Å². The number of amides is 2. The molecule has 0 radical (unpaired) electrons. The summed E-state index contributed by atoms with van der Waals surface area (Å²) < 4.78 is 16.9. The Balaban J connectivity index is 1.28. The van der Waals surface area contributed by atoms with Crippen molar-refractivity contribution >= 4 is 34.4 Å². The van der Waals surface area contributed by atoms with Gasteiger partial charge in [-0.05, 0) is 64.7 Å². The lowest BCUT2D eigenvalue weighted by Gasteiger charge is -2.19. The van der Waals surface area contributed by atoms with E-state index in [0.717, 1.165) is 33.3 Å². The van der Waals surface area contributed by atoms with Gasteiger partial charge in [-0.1, -0.05) is 59.7 Å². The van der Waals surface area contributed by atoms with Crippen LogP contribution >= 0.6 is 0 Å². The number of nitrogens with zero attached hydrogens (tertiary/aromatic N) is 4. The van der Waals surface area contributed by atoms with Crippen LogP contribution in [-0.4, -0.2) is 80.5 Å². The van der Waals surface area contributed by atoms with Crippen molar-refractivity contribution in [2.24, 2.45) is 5.11 Å². The second-order valence-corrected chi connectivity index (χ2v) is 11.5. The summed E-state index contributed by atoms with van der Waals surface area (Å²) in [7, 11) is 0. The number of ether oxygens (including phenoxy) is 3. The number of nitrogens with one attached hydrogen (secondary N) is 3. The number of anilines is 1. The van der Waals surface area contributed by atoms with Gasteiger partial charge in [0.25, 0.3) is 0 Å². The maximum atomic E-state index is 12.7. The molecule has 1 atom stereocenters. The number of pyridine rings is 1. The van der Waals surface area contributed by atoms with E-state index in [-0.39, 0.29) is 31.8 Å². The third-order valence-corrected chi connectivity index (χ3v) is 7.73. The quantitative estimate of drug-likeness (QED) is 0.0351. The highest BCUT2D eigenvalue weighted by Gasteiger charge is 2.19. The normalized spacial score (nSPS) is 11.3. The molecule has 51 heavy (non-hydrogen) atoms. The molecule has 4 rings (SSSR count). The van der Waals surface area contributed by atoms with Crippen molar-refractivity contribution in [1.29, 1.82) is 0 Å². The molecule has 0 saturated carbocycles. The topological polar surface area (TPSA) is 197 Å². The van der Waals surface area contributed by atoms with Gasteiger partial charge >= 0.3 is 5.97 Å². The van der Waals surface area contributed by atoms with Gasteiger partial charge in [-0.25, -0.2) is 4.98 Å². The number of carbonyl (C=O) groups excluding carboxylic acids is 2. The van der Waals surface area contributed by atoms with Crippen LogP contribution in [-0.2, 0) is 23.9 Å². The molecule has 1 aromatic heterocycles. The molecule has 0 unspecified atom stereocenters. The molecule has 0 aliphatic heterocycles. The van der Waals surface area contributed by atoms with Crippen LogP contribution in [0.1, 0.15) is 36.4 Å². The number of rotatable bonds is 22. The van der Waals surface area contributed by atoms with Gasteiger partial charge in [0.2, 0.25) is 11.8 Å². The summed E-state index contributed by atoms with van der Waals surface area (Å²) in [6.45, 7) is 4.41. The Morgan fingerprint density at radius 2 is 1.67 bits per heavy atom. The number of carboxylic acids is 1. The van der Waals surface area contributed by atoms with Gasteiger partial charge in [-0.2, -0.15) is 0 Å². The third-order valence-electron chi connectivity index (χ3n) is 7.73. The maximum Gasteiger partial charge on any atom is 0.305 e. The summed E-state index contributed by atoms with van der Waals surface area (Å²) >= 11 is 0. The van der Waals surface area contributed by atoms with Crippen molar-refractivity contribution in [1.82, 2.24) is 15.6 Å². The summed E-state index contributed by atoms with van der Waals surface area (Å²) in [6.07, 6.45) is 2.17. The summed E-state index contributed by atoms with van der Waals surface area (Å²) in [4.78, 5) is 43.6. The minimum atomic E-state index is -1.06.